The minimum absolute atomic E-state index is 0.0389. The Hall–Kier alpha value is -2.31. The number of carbonyl (C=O) groups is 1. The number of halogens is 2. The first kappa shape index (κ1) is 21.4. The van der Waals surface area contributed by atoms with Crippen LogP contribution in [0.2, 0.25) is 0 Å². The minimum Gasteiger partial charge on any atom is -0.355 e. The molecule has 0 bridgehead atoms. The molecule has 2 unspecified atom stereocenters. The maximum Gasteiger partial charge on any atom is 0.224 e. The predicted octanol–water partition coefficient (Wildman–Crippen LogP) is 3.25. The van der Waals surface area contributed by atoms with E-state index in [1.54, 1.807) is 0 Å². The third-order valence-electron chi connectivity index (χ3n) is 5.44. The molecule has 1 heterocycles. The molecule has 1 N–H and O–H groups in total. The summed E-state index contributed by atoms with van der Waals surface area (Å²) < 4.78 is 27.4. The van der Waals surface area contributed by atoms with Crippen molar-refractivity contribution in [3.8, 4) is 0 Å². The SMILES string of the molecule is CN(C)CCNC(=O)C1CC(c2ccccc2)CN(Cc2ccc(F)cc2F)C1. The molecule has 0 aliphatic carbocycles. The number of amides is 1. The van der Waals surface area contributed by atoms with Crippen LogP contribution in [0, 0.1) is 17.6 Å². The average Bonchev–Trinajstić information content (AvgIpc) is 2.70. The standard InChI is InChI=1S/C23H29F2N3O/c1-27(2)11-10-26-23(29)20-12-19(17-6-4-3-5-7-17)15-28(16-20)14-18-8-9-21(24)13-22(18)25/h3-9,13,19-20H,10-12,14-16H2,1-2H3,(H,26,29). The maximum absolute atomic E-state index is 14.2. The zero-order chi connectivity index (χ0) is 20.8. The Balaban J connectivity index is 1.73. The molecular weight excluding hydrogens is 372 g/mol. The molecule has 156 valence electrons. The monoisotopic (exact) mass is 401 g/mol. The summed E-state index contributed by atoms with van der Waals surface area (Å²) in [5.74, 6) is -1.06. The van der Waals surface area contributed by atoms with Gasteiger partial charge >= 0.3 is 0 Å². The Morgan fingerprint density at radius 3 is 2.59 bits per heavy atom. The van der Waals surface area contributed by atoms with E-state index in [-0.39, 0.29) is 17.7 Å². The van der Waals surface area contributed by atoms with Crippen molar-refractivity contribution in [1.82, 2.24) is 15.1 Å². The fourth-order valence-electron chi connectivity index (χ4n) is 3.91. The first-order valence-corrected chi connectivity index (χ1v) is 10.1. The molecule has 2 atom stereocenters. The van der Waals surface area contributed by atoms with Gasteiger partial charge in [0.25, 0.3) is 0 Å². The molecule has 0 saturated carbocycles. The molecule has 1 amide bonds. The molecule has 2 aromatic rings. The van der Waals surface area contributed by atoms with Gasteiger partial charge in [-0.25, -0.2) is 8.78 Å². The van der Waals surface area contributed by atoms with E-state index in [2.05, 4.69) is 22.3 Å². The third kappa shape index (κ3) is 6.08. The number of benzene rings is 2. The third-order valence-corrected chi connectivity index (χ3v) is 5.44. The molecule has 4 nitrogen and oxygen atoms in total. The zero-order valence-corrected chi connectivity index (χ0v) is 17.1. The molecule has 6 heteroatoms. The highest BCUT2D eigenvalue weighted by molar-refractivity contribution is 5.79. The normalized spacial score (nSPS) is 20.0. The van der Waals surface area contributed by atoms with Crippen LogP contribution in [0.4, 0.5) is 8.78 Å². The molecule has 1 aliphatic rings. The lowest BCUT2D eigenvalue weighted by molar-refractivity contribution is -0.127. The number of likely N-dealkylation sites (N-methyl/N-ethyl adjacent to an activating group) is 1. The van der Waals surface area contributed by atoms with Gasteiger partial charge in [-0.2, -0.15) is 0 Å². The summed E-state index contributed by atoms with van der Waals surface area (Å²) in [6, 6.07) is 13.8. The Bertz CT molecular complexity index is 813. The molecule has 1 saturated heterocycles. The van der Waals surface area contributed by atoms with Gasteiger partial charge in [0.2, 0.25) is 5.91 Å². The highest BCUT2D eigenvalue weighted by atomic mass is 19.1. The highest BCUT2D eigenvalue weighted by Crippen LogP contribution is 2.31. The van der Waals surface area contributed by atoms with Crippen molar-refractivity contribution in [2.75, 3.05) is 40.3 Å². The Kier molecular flexibility index (Phi) is 7.34. The van der Waals surface area contributed by atoms with Crippen molar-refractivity contribution >= 4 is 5.91 Å². The molecule has 0 spiro atoms. The van der Waals surface area contributed by atoms with Gasteiger partial charge in [-0.1, -0.05) is 36.4 Å². The van der Waals surface area contributed by atoms with Crippen molar-refractivity contribution in [1.29, 1.82) is 0 Å². The number of carbonyl (C=O) groups excluding carboxylic acids is 1. The van der Waals surface area contributed by atoms with Crippen molar-refractivity contribution in [2.45, 2.75) is 18.9 Å². The molecule has 29 heavy (non-hydrogen) atoms. The molecule has 1 aliphatic heterocycles. The lowest BCUT2D eigenvalue weighted by Gasteiger charge is -2.37. The molecule has 1 fully saturated rings. The van der Waals surface area contributed by atoms with E-state index in [0.29, 0.717) is 25.2 Å². The summed E-state index contributed by atoms with van der Waals surface area (Å²) in [5.41, 5.74) is 1.63. The second-order valence-corrected chi connectivity index (χ2v) is 8.06. The number of nitrogens with one attached hydrogen (secondary N) is 1. The Morgan fingerprint density at radius 1 is 1.14 bits per heavy atom. The topological polar surface area (TPSA) is 35.6 Å². The highest BCUT2D eigenvalue weighted by Gasteiger charge is 2.32. The van der Waals surface area contributed by atoms with Gasteiger partial charge < -0.3 is 10.2 Å². The maximum atomic E-state index is 14.2. The summed E-state index contributed by atoms with van der Waals surface area (Å²) in [5, 5.41) is 3.03. The van der Waals surface area contributed by atoms with Crippen LogP contribution in [0.3, 0.4) is 0 Å². The van der Waals surface area contributed by atoms with E-state index in [4.69, 9.17) is 0 Å². The van der Waals surface area contributed by atoms with Crippen molar-refractivity contribution < 1.29 is 13.6 Å². The van der Waals surface area contributed by atoms with Gasteiger partial charge in [0, 0.05) is 44.4 Å². The van der Waals surface area contributed by atoms with Crippen molar-refractivity contribution in [3.63, 3.8) is 0 Å². The second-order valence-electron chi connectivity index (χ2n) is 8.06. The van der Waals surface area contributed by atoms with Crippen LogP contribution in [-0.2, 0) is 11.3 Å². The Labute approximate surface area is 171 Å². The smallest absolute Gasteiger partial charge is 0.224 e. The van der Waals surface area contributed by atoms with Crippen LogP contribution >= 0.6 is 0 Å². The van der Waals surface area contributed by atoms with Gasteiger partial charge in [0.05, 0.1) is 5.92 Å². The molecule has 3 rings (SSSR count). The van der Waals surface area contributed by atoms with E-state index in [1.807, 2.05) is 37.2 Å². The van der Waals surface area contributed by atoms with E-state index >= 15 is 0 Å². The average molecular weight is 402 g/mol. The van der Waals surface area contributed by atoms with E-state index in [0.717, 1.165) is 25.6 Å². The number of hydrogen-bond acceptors (Lipinski definition) is 3. The van der Waals surface area contributed by atoms with Crippen molar-refractivity contribution in [2.24, 2.45) is 5.92 Å². The largest absolute Gasteiger partial charge is 0.355 e. The van der Waals surface area contributed by atoms with Crippen molar-refractivity contribution in [3.05, 3.63) is 71.3 Å². The fourth-order valence-corrected chi connectivity index (χ4v) is 3.91. The second kappa shape index (κ2) is 9.94. The lowest BCUT2D eigenvalue weighted by atomic mass is 9.84. The Morgan fingerprint density at radius 2 is 1.90 bits per heavy atom. The first-order valence-electron chi connectivity index (χ1n) is 10.1. The summed E-state index contributed by atoms with van der Waals surface area (Å²) in [7, 11) is 3.94. The van der Waals surface area contributed by atoms with Gasteiger partial charge in [-0.15, -0.1) is 0 Å². The number of piperidine rings is 1. The molecular formula is C23H29F2N3O. The summed E-state index contributed by atoms with van der Waals surface area (Å²) in [4.78, 5) is 16.9. The van der Waals surface area contributed by atoms with E-state index in [9.17, 15) is 13.6 Å². The van der Waals surface area contributed by atoms with Crippen LogP contribution in [0.5, 0.6) is 0 Å². The number of nitrogens with zero attached hydrogens (tertiary/aromatic N) is 2. The van der Waals surface area contributed by atoms with Crippen LogP contribution in [-0.4, -0.2) is 56.0 Å². The zero-order valence-electron chi connectivity index (χ0n) is 17.1. The van der Waals surface area contributed by atoms with Gasteiger partial charge in [-0.05, 0) is 38.1 Å². The molecule has 0 aromatic heterocycles. The van der Waals surface area contributed by atoms with Gasteiger partial charge in [0.1, 0.15) is 11.6 Å². The van der Waals surface area contributed by atoms with Crippen LogP contribution in [0.1, 0.15) is 23.5 Å². The fraction of sp³-hybridized carbons (Fsp3) is 0.435. The number of rotatable bonds is 7. The molecule has 0 radical (unpaired) electrons. The van der Waals surface area contributed by atoms with E-state index < -0.39 is 11.6 Å². The van der Waals surface area contributed by atoms with E-state index in [1.165, 1.54) is 17.7 Å². The summed E-state index contributed by atoms with van der Waals surface area (Å²) >= 11 is 0. The first-order chi connectivity index (χ1) is 13.9. The van der Waals surface area contributed by atoms with Crippen LogP contribution < -0.4 is 5.32 Å². The summed E-state index contributed by atoms with van der Waals surface area (Å²) in [6.45, 7) is 3.04. The summed E-state index contributed by atoms with van der Waals surface area (Å²) in [6.07, 6.45) is 0.764. The number of hydrogen-bond donors (Lipinski definition) is 1. The van der Waals surface area contributed by atoms with Gasteiger partial charge in [0.15, 0.2) is 0 Å². The van der Waals surface area contributed by atoms with Gasteiger partial charge in [-0.3, -0.25) is 9.69 Å². The quantitative estimate of drug-likeness (QED) is 0.774. The molecule has 2 aromatic carbocycles. The van der Waals surface area contributed by atoms with Crippen LogP contribution in [0.25, 0.3) is 0 Å². The predicted molar refractivity (Wildman–Crippen MR) is 110 cm³/mol. The number of likely N-dealkylation sites (tertiary alicyclic amines) is 1. The lowest BCUT2D eigenvalue weighted by Crippen LogP contribution is -2.46. The van der Waals surface area contributed by atoms with Crippen LogP contribution in [0.15, 0.2) is 48.5 Å². The minimum atomic E-state index is -0.579.